The van der Waals surface area contributed by atoms with Crippen molar-refractivity contribution in [3.05, 3.63) is 0 Å². The first kappa shape index (κ1) is 10.8. The molecule has 0 amide bonds. The zero-order valence-corrected chi connectivity index (χ0v) is 11.7. The van der Waals surface area contributed by atoms with Crippen LogP contribution in [-0.2, 0) is 0 Å². The monoisotopic (exact) mass is 320 g/mol. The van der Waals surface area contributed by atoms with Gasteiger partial charge in [0.1, 0.15) is 0 Å². The largest absolute Gasteiger partial charge is 0.298 e. The second-order valence-corrected chi connectivity index (χ2v) is 7.33. The highest BCUT2D eigenvalue weighted by molar-refractivity contribution is 14.1. The fraction of sp³-hybridized carbons (Fsp3) is 1.00. The van der Waals surface area contributed by atoms with Gasteiger partial charge in [0.25, 0.3) is 0 Å². The zero-order valence-electron chi connectivity index (χ0n) is 9.53. The second-order valence-electron chi connectivity index (χ2n) is 5.57. The molecular formula is C12H21IN2. The van der Waals surface area contributed by atoms with Gasteiger partial charge in [-0.15, -0.1) is 0 Å². The second kappa shape index (κ2) is 4.15. The van der Waals surface area contributed by atoms with Gasteiger partial charge in [-0.05, 0) is 39.2 Å². The van der Waals surface area contributed by atoms with E-state index in [-0.39, 0.29) is 0 Å². The summed E-state index contributed by atoms with van der Waals surface area (Å²) in [6.07, 6.45) is 7.28. The van der Waals surface area contributed by atoms with Gasteiger partial charge in [-0.25, -0.2) is 0 Å². The summed E-state index contributed by atoms with van der Waals surface area (Å²) in [4.78, 5) is 5.38. The third-order valence-electron chi connectivity index (χ3n) is 4.73. The molecule has 0 spiro atoms. The molecule has 3 heteroatoms. The maximum atomic E-state index is 2.79. The lowest BCUT2D eigenvalue weighted by Crippen LogP contribution is -2.68. The summed E-state index contributed by atoms with van der Waals surface area (Å²) in [5.41, 5.74) is 0. The molecule has 15 heavy (non-hydrogen) atoms. The first-order chi connectivity index (χ1) is 7.24. The Labute approximate surface area is 107 Å². The fourth-order valence-electron chi connectivity index (χ4n) is 3.53. The minimum atomic E-state index is 0.890. The number of alkyl halides is 1. The van der Waals surface area contributed by atoms with Crippen molar-refractivity contribution in [1.82, 2.24) is 9.80 Å². The van der Waals surface area contributed by atoms with Crippen LogP contribution in [-0.4, -0.2) is 52.0 Å². The Bertz CT molecular complexity index is 226. The van der Waals surface area contributed by atoms with E-state index in [0.29, 0.717) is 0 Å². The van der Waals surface area contributed by atoms with Crippen molar-refractivity contribution in [3.8, 4) is 0 Å². The molecule has 4 aliphatic rings. The molecule has 86 valence electrons. The summed E-state index contributed by atoms with van der Waals surface area (Å²) < 4.78 is 0.959. The number of likely N-dealkylation sites (N-methyl/N-ethyl adjacent to an activating group) is 1. The van der Waals surface area contributed by atoms with E-state index in [1.54, 1.807) is 0 Å². The number of hydrogen-bond acceptors (Lipinski definition) is 2. The maximum Gasteiger partial charge on any atom is 0.0239 e. The van der Waals surface area contributed by atoms with Crippen LogP contribution in [0.3, 0.4) is 0 Å². The minimum Gasteiger partial charge on any atom is -0.298 e. The maximum absolute atomic E-state index is 2.79. The number of fused-ring (bicyclic) bond motifs is 2. The first-order valence-corrected chi connectivity index (χ1v) is 7.58. The molecule has 0 radical (unpaired) electrons. The van der Waals surface area contributed by atoms with Crippen molar-refractivity contribution in [2.24, 2.45) is 0 Å². The molecule has 1 aliphatic carbocycles. The van der Waals surface area contributed by atoms with Crippen LogP contribution in [0.1, 0.15) is 32.1 Å². The summed E-state index contributed by atoms with van der Waals surface area (Å²) in [5.74, 6) is 0. The van der Waals surface area contributed by atoms with Crippen LogP contribution in [0.25, 0.3) is 0 Å². The first-order valence-electron chi connectivity index (χ1n) is 6.34. The lowest BCUT2D eigenvalue weighted by atomic mass is 9.85. The lowest BCUT2D eigenvalue weighted by molar-refractivity contribution is -0.0694. The molecule has 3 heterocycles. The summed E-state index contributed by atoms with van der Waals surface area (Å²) in [7, 11) is 2.30. The number of piperidine rings is 1. The van der Waals surface area contributed by atoms with Crippen molar-refractivity contribution < 1.29 is 0 Å². The van der Waals surface area contributed by atoms with Crippen LogP contribution in [0.4, 0.5) is 0 Å². The molecule has 2 unspecified atom stereocenters. The van der Waals surface area contributed by atoms with Gasteiger partial charge in [0, 0.05) is 35.1 Å². The Morgan fingerprint density at radius 1 is 0.933 bits per heavy atom. The molecule has 2 bridgehead atoms. The lowest BCUT2D eigenvalue weighted by Gasteiger charge is -2.57. The number of piperazine rings is 1. The van der Waals surface area contributed by atoms with Crippen molar-refractivity contribution in [2.45, 2.75) is 54.2 Å². The molecule has 0 aromatic carbocycles. The summed E-state index contributed by atoms with van der Waals surface area (Å²) in [6, 6.07) is 2.71. The number of halogens is 1. The molecule has 0 aromatic rings. The van der Waals surface area contributed by atoms with Crippen molar-refractivity contribution in [2.75, 3.05) is 20.1 Å². The Hall–Kier alpha value is 0.650. The third-order valence-corrected chi connectivity index (χ3v) is 5.97. The average Bonchev–Trinajstić information content (AvgIpc) is 2.29. The molecule has 4 fully saturated rings. The van der Waals surface area contributed by atoms with E-state index < -0.39 is 0 Å². The average molecular weight is 320 g/mol. The van der Waals surface area contributed by atoms with E-state index in [2.05, 4.69) is 39.4 Å². The van der Waals surface area contributed by atoms with Gasteiger partial charge < -0.3 is 0 Å². The number of hydrogen-bond donors (Lipinski definition) is 0. The number of nitrogens with zero attached hydrogens (tertiary/aromatic N) is 2. The topological polar surface area (TPSA) is 6.48 Å². The Balaban J connectivity index is 1.56. The Morgan fingerprint density at radius 3 is 2.07 bits per heavy atom. The van der Waals surface area contributed by atoms with Gasteiger partial charge in [0.05, 0.1) is 0 Å². The van der Waals surface area contributed by atoms with E-state index in [9.17, 15) is 0 Å². The van der Waals surface area contributed by atoms with Gasteiger partial charge in [-0.2, -0.15) is 0 Å². The van der Waals surface area contributed by atoms with E-state index in [4.69, 9.17) is 0 Å². The van der Waals surface area contributed by atoms with Gasteiger partial charge in [0.2, 0.25) is 0 Å². The van der Waals surface area contributed by atoms with Gasteiger partial charge >= 0.3 is 0 Å². The standard InChI is InChI=1S/C12H21IN2/c1-14-11-6-12(14)8-15(7-11)10-4-2-9(13)3-5-10/h9-12H,2-8H2,1H3/t9-,10-,11?,12?. The quantitative estimate of drug-likeness (QED) is 0.539. The molecule has 4 rings (SSSR count). The highest BCUT2D eigenvalue weighted by Gasteiger charge is 2.43. The van der Waals surface area contributed by atoms with Crippen LogP contribution >= 0.6 is 22.6 Å². The van der Waals surface area contributed by atoms with Gasteiger partial charge in [0.15, 0.2) is 0 Å². The van der Waals surface area contributed by atoms with Crippen LogP contribution in [0, 0.1) is 0 Å². The van der Waals surface area contributed by atoms with Crippen LogP contribution in [0.5, 0.6) is 0 Å². The third kappa shape index (κ3) is 1.95. The molecule has 0 N–H and O–H groups in total. The predicted molar refractivity (Wildman–Crippen MR) is 71.6 cm³/mol. The summed E-state index contributed by atoms with van der Waals surface area (Å²) >= 11 is 2.63. The summed E-state index contributed by atoms with van der Waals surface area (Å²) in [6.45, 7) is 2.70. The van der Waals surface area contributed by atoms with E-state index in [0.717, 1.165) is 22.1 Å². The Kier molecular flexibility index (Phi) is 2.98. The molecule has 2 nitrogen and oxygen atoms in total. The van der Waals surface area contributed by atoms with Gasteiger partial charge in [-0.3, -0.25) is 9.80 Å². The van der Waals surface area contributed by atoms with E-state index in [1.807, 2.05) is 0 Å². The van der Waals surface area contributed by atoms with Crippen LogP contribution < -0.4 is 0 Å². The van der Waals surface area contributed by atoms with Crippen molar-refractivity contribution >= 4 is 22.6 Å². The van der Waals surface area contributed by atoms with Crippen molar-refractivity contribution in [3.63, 3.8) is 0 Å². The fourth-order valence-corrected chi connectivity index (χ4v) is 4.25. The van der Waals surface area contributed by atoms with E-state index in [1.165, 1.54) is 45.2 Å². The van der Waals surface area contributed by atoms with Crippen LogP contribution in [0.15, 0.2) is 0 Å². The van der Waals surface area contributed by atoms with Gasteiger partial charge in [-0.1, -0.05) is 22.6 Å². The zero-order chi connectivity index (χ0) is 10.4. The molecule has 2 atom stereocenters. The van der Waals surface area contributed by atoms with Crippen molar-refractivity contribution in [1.29, 1.82) is 0 Å². The number of rotatable bonds is 1. The molecule has 0 aromatic heterocycles. The smallest absolute Gasteiger partial charge is 0.0239 e. The predicted octanol–water partition coefficient (Wildman–Crippen LogP) is 2.12. The highest BCUT2D eigenvalue weighted by Crippen LogP contribution is 2.35. The molecule has 3 saturated heterocycles. The SMILES string of the molecule is CN1C2CC1CN([C@H]1CC[C@H](I)CC1)C2. The normalized spacial score (nSPS) is 47.6. The van der Waals surface area contributed by atoms with E-state index >= 15 is 0 Å². The van der Waals surface area contributed by atoms with Crippen LogP contribution in [0.2, 0.25) is 0 Å². The highest BCUT2D eigenvalue weighted by atomic mass is 127. The minimum absolute atomic E-state index is 0.890. The molecular weight excluding hydrogens is 299 g/mol. The Morgan fingerprint density at radius 2 is 1.53 bits per heavy atom. The molecule has 1 saturated carbocycles. The molecule has 3 aliphatic heterocycles. The summed E-state index contributed by atoms with van der Waals surface area (Å²) in [5, 5.41) is 0.